The minimum absolute atomic E-state index is 0.0713. The van der Waals surface area contributed by atoms with Crippen molar-refractivity contribution in [3.05, 3.63) is 59.7 Å². The monoisotopic (exact) mass is 484 g/mol. The molecule has 2 aromatic carbocycles. The number of phenolic OH excluding ortho intramolecular Hbond substituents is 1. The van der Waals surface area contributed by atoms with E-state index in [2.05, 4.69) is 9.71 Å². The van der Waals surface area contributed by atoms with Crippen LogP contribution in [0.15, 0.2) is 58.4 Å². The lowest BCUT2D eigenvalue weighted by Gasteiger charge is -2.36. The number of hydrogen-bond acceptors (Lipinski definition) is 6. The molecule has 2 amide bonds. The molecule has 2 heterocycles. The molecule has 0 saturated carbocycles. The third-order valence-corrected chi connectivity index (χ3v) is 7.78. The summed E-state index contributed by atoms with van der Waals surface area (Å²) in [5, 5.41) is 9.98. The summed E-state index contributed by atoms with van der Waals surface area (Å²) < 4.78 is 27.4. The average molecular weight is 485 g/mol. The Morgan fingerprint density at radius 1 is 1.03 bits per heavy atom. The molecule has 2 aliphatic rings. The Morgan fingerprint density at radius 2 is 1.65 bits per heavy atom. The highest BCUT2D eigenvalue weighted by atomic mass is 32.2. The van der Waals surface area contributed by atoms with Gasteiger partial charge in [-0.25, -0.2) is 8.42 Å². The maximum absolute atomic E-state index is 13.5. The van der Waals surface area contributed by atoms with E-state index in [9.17, 15) is 23.1 Å². The Morgan fingerprint density at radius 3 is 2.32 bits per heavy atom. The third-order valence-electron chi connectivity index (χ3n) is 6.38. The molecule has 2 aliphatic heterocycles. The minimum atomic E-state index is -3.70. The first-order valence-electron chi connectivity index (χ1n) is 11.3. The highest BCUT2D eigenvalue weighted by Crippen LogP contribution is 2.25. The zero-order chi connectivity index (χ0) is 24.5. The predicted molar refractivity (Wildman–Crippen MR) is 127 cm³/mol. The van der Waals surface area contributed by atoms with E-state index in [1.54, 1.807) is 46.2 Å². The summed E-state index contributed by atoms with van der Waals surface area (Å²) in [5.41, 5.74) is 0.694. The molecular formula is C24H28N4O5S. The molecule has 0 bridgehead atoms. The van der Waals surface area contributed by atoms with Crippen LogP contribution in [0.5, 0.6) is 5.75 Å². The maximum Gasteiger partial charge on any atom is 0.263 e. The molecule has 0 spiro atoms. The van der Waals surface area contributed by atoms with Crippen molar-refractivity contribution in [2.75, 3.05) is 26.2 Å². The zero-order valence-electron chi connectivity index (χ0n) is 19.1. The Balaban J connectivity index is 1.51. The quantitative estimate of drug-likeness (QED) is 0.671. The van der Waals surface area contributed by atoms with Crippen molar-refractivity contribution in [2.24, 2.45) is 10.9 Å². The lowest BCUT2D eigenvalue weighted by molar-refractivity contribution is -0.135. The molecule has 0 aromatic heterocycles. The number of aliphatic imine (C=N–C) groups is 1. The number of rotatable bonds is 5. The van der Waals surface area contributed by atoms with E-state index in [1.807, 2.05) is 13.8 Å². The van der Waals surface area contributed by atoms with Crippen molar-refractivity contribution in [3.8, 4) is 5.75 Å². The Hall–Kier alpha value is -3.40. The molecule has 1 fully saturated rings. The van der Waals surface area contributed by atoms with Crippen LogP contribution in [0.2, 0.25) is 0 Å². The van der Waals surface area contributed by atoms with Gasteiger partial charge in [0.05, 0.1) is 10.5 Å². The lowest BCUT2D eigenvalue weighted by Crippen LogP contribution is -2.53. The van der Waals surface area contributed by atoms with Gasteiger partial charge in [-0.05, 0) is 30.2 Å². The van der Waals surface area contributed by atoms with Gasteiger partial charge in [-0.2, -0.15) is 0 Å². The second-order valence-corrected chi connectivity index (χ2v) is 10.2. The predicted octanol–water partition coefficient (Wildman–Crippen LogP) is 1.83. The molecular weight excluding hydrogens is 456 g/mol. The number of amides is 2. The third kappa shape index (κ3) is 4.50. The van der Waals surface area contributed by atoms with Crippen LogP contribution in [-0.2, 0) is 14.8 Å². The van der Waals surface area contributed by atoms with Crippen LogP contribution in [0.4, 0.5) is 0 Å². The number of fused-ring (bicyclic) bond motifs is 1. The van der Waals surface area contributed by atoms with Gasteiger partial charge in [0, 0.05) is 31.7 Å². The fourth-order valence-electron chi connectivity index (χ4n) is 4.16. The standard InChI is InChI=1S/C24H28N4O5S/c1-3-16(2)21(25-22-18-9-5-7-11-20(18)34(32,33)26-22)24(31)28-14-12-27(13-15-28)23(30)17-8-4-6-10-19(17)29/h4-11,16,21,29H,3,12-15H2,1-2H3,(H,25,26)/t16-,21-/m0/s1. The summed E-state index contributed by atoms with van der Waals surface area (Å²) >= 11 is 0. The molecule has 9 nitrogen and oxygen atoms in total. The van der Waals surface area contributed by atoms with Gasteiger partial charge in [0.25, 0.3) is 15.9 Å². The Labute approximate surface area is 199 Å². The number of aromatic hydroxyl groups is 1. The fourth-order valence-corrected chi connectivity index (χ4v) is 5.40. The van der Waals surface area contributed by atoms with Crippen molar-refractivity contribution in [1.82, 2.24) is 14.5 Å². The minimum Gasteiger partial charge on any atom is -0.507 e. The van der Waals surface area contributed by atoms with Gasteiger partial charge in [-0.3, -0.25) is 19.3 Å². The van der Waals surface area contributed by atoms with Gasteiger partial charge in [-0.15, -0.1) is 0 Å². The zero-order valence-corrected chi connectivity index (χ0v) is 20.0. The molecule has 10 heteroatoms. The van der Waals surface area contributed by atoms with Crippen molar-refractivity contribution in [3.63, 3.8) is 0 Å². The summed E-state index contributed by atoms with van der Waals surface area (Å²) in [5.74, 6) is -0.472. The van der Waals surface area contributed by atoms with Crippen LogP contribution in [0.1, 0.15) is 36.2 Å². The summed E-state index contributed by atoms with van der Waals surface area (Å²) in [6.45, 7) is 5.20. The van der Waals surface area contributed by atoms with Gasteiger partial charge in [0.1, 0.15) is 17.6 Å². The van der Waals surface area contributed by atoms with E-state index < -0.39 is 16.1 Å². The highest BCUT2D eigenvalue weighted by molar-refractivity contribution is 7.90. The Kier molecular flexibility index (Phi) is 6.60. The SMILES string of the molecule is CC[C@H](C)[C@H](N=C1NS(=O)(=O)c2ccccc21)C(=O)N1CCN(C(=O)c2ccccc2O)CC1. The first-order valence-corrected chi connectivity index (χ1v) is 12.8. The number of phenols is 1. The number of benzene rings is 2. The second-order valence-electron chi connectivity index (χ2n) is 8.54. The number of nitrogens with zero attached hydrogens (tertiary/aromatic N) is 3. The number of nitrogens with one attached hydrogen (secondary N) is 1. The molecule has 0 unspecified atom stereocenters. The second kappa shape index (κ2) is 9.46. The molecule has 1 saturated heterocycles. The van der Waals surface area contributed by atoms with Gasteiger partial charge >= 0.3 is 0 Å². The van der Waals surface area contributed by atoms with Crippen LogP contribution < -0.4 is 4.72 Å². The number of para-hydroxylation sites is 1. The summed E-state index contributed by atoms with van der Waals surface area (Å²) in [7, 11) is -3.70. The normalized spacial score (nSPS) is 19.9. The van der Waals surface area contributed by atoms with Crippen molar-refractivity contribution < 1.29 is 23.1 Å². The van der Waals surface area contributed by atoms with Crippen molar-refractivity contribution in [2.45, 2.75) is 31.2 Å². The number of piperazine rings is 1. The Bertz CT molecular complexity index is 1240. The van der Waals surface area contributed by atoms with Gasteiger partial charge < -0.3 is 14.9 Å². The van der Waals surface area contributed by atoms with Crippen molar-refractivity contribution in [1.29, 1.82) is 0 Å². The number of amidine groups is 1. The first kappa shape index (κ1) is 23.7. The molecule has 34 heavy (non-hydrogen) atoms. The van der Waals surface area contributed by atoms with E-state index >= 15 is 0 Å². The van der Waals surface area contributed by atoms with Crippen LogP contribution in [0.25, 0.3) is 0 Å². The van der Waals surface area contributed by atoms with Crippen LogP contribution >= 0.6 is 0 Å². The van der Waals surface area contributed by atoms with Gasteiger partial charge in [0.15, 0.2) is 0 Å². The average Bonchev–Trinajstić information content (AvgIpc) is 3.11. The topological polar surface area (TPSA) is 119 Å². The molecule has 2 atom stereocenters. The van der Waals surface area contributed by atoms with Gasteiger partial charge in [0.2, 0.25) is 5.91 Å². The molecule has 4 rings (SSSR count). The van der Waals surface area contributed by atoms with Crippen molar-refractivity contribution >= 4 is 27.7 Å². The molecule has 2 N–H and O–H groups in total. The number of carbonyl (C=O) groups is 2. The number of hydrogen-bond donors (Lipinski definition) is 2. The first-order chi connectivity index (χ1) is 16.2. The number of carbonyl (C=O) groups excluding carboxylic acids is 2. The number of sulfonamides is 1. The summed E-state index contributed by atoms with van der Waals surface area (Å²) in [6.07, 6.45) is 0.688. The lowest BCUT2D eigenvalue weighted by atomic mass is 9.97. The molecule has 2 aromatic rings. The van der Waals surface area contributed by atoms with Crippen LogP contribution in [0, 0.1) is 5.92 Å². The van der Waals surface area contributed by atoms with E-state index in [1.165, 1.54) is 12.1 Å². The molecule has 0 aliphatic carbocycles. The summed E-state index contributed by atoms with van der Waals surface area (Å²) in [4.78, 5) is 34.3. The maximum atomic E-state index is 13.5. The molecule has 180 valence electrons. The fraction of sp³-hybridized carbons (Fsp3) is 0.375. The van der Waals surface area contributed by atoms with Crippen LogP contribution in [-0.4, -0.2) is 73.2 Å². The highest BCUT2D eigenvalue weighted by Gasteiger charge is 2.35. The smallest absolute Gasteiger partial charge is 0.263 e. The summed E-state index contributed by atoms with van der Waals surface area (Å²) in [6, 6.07) is 12.2. The van der Waals surface area contributed by atoms with E-state index in [0.29, 0.717) is 38.2 Å². The van der Waals surface area contributed by atoms with Crippen LogP contribution in [0.3, 0.4) is 0 Å². The van der Waals surface area contributed by atoms with E-state index in [0.717, 1.165) is 0 Å². The van der Waals surface area contributed by atoms with Gasteiger partial charge in [-0.1, -0.05) is 44.5 Å². The van der Waals surface area contributed by atoms with E-state index in [4.69, 9.17) is 0 Å². The van der Waals surface area contributed by atoms with E-state index in [-0.39, 0.29) is 39.8 Å². The molecule has 0 radical (unpaired) electrons. The largest absolute Gasteiger partial charge is 0.507 e.